The number of thiazole rings is 1. The molecule has 2 aromatic heterocycles. The number of aryl methyl sites for hydroxylation is 1. The molecule has 3 aromatic rings. The van der Waals surface area contributed by atoms with E-state index in [9.17, 15) is 0 Å². The van der Waals surface area contributed by atoms with Gasteiger partial charge in [0, 0.05) is 35.7 Å². The highest BCUT2D eigenvalue weighted by atomic mass is 32.1. The first-order valence-electron chi connectivity index (χ1n) is 6.83. The molecular weight excluding hydrogens is 266 g/mol. The van der Waals surface area contributed by atoms with Crippen molar-refractivity contribution in [3.8, 4) is 0 Å². The molecule has 0 fully saturated rings. The number of pyridine rings is 1. The molecule has 0 atom stereocenters. The van der Waals surface area contributed by atoms with E-state index in [0.717, 1.165) is 30.0 Å². The summed E-state index contributed by atoms with van der Waals surface area (Å²) in [5.74, 6) is 0. The third-order valence-corrected chi connectivity index (χ3v) is 4.42. The molecule has 102 valence electrons. The fraction of sp³-hybridized carbons (Fsp3) is 0.250. The Kier molecular flexibility index (Phi) is 4.04. The molecule has 0 unspecified atom stereocenters. The fourth-order valence-corrected chi connectivity index (χ4v) is 3.04. The zero-order valence-electron chi connectivity index (χ0n) is 11.5. The number of nitrogens with zero attached hydrogens (tertiary/aromatic N) is 2. The van der Waals surface area contributed by atoms with Crippen LogP contribution in [-0.2, 0) is 19.5 Å². The van der Waals surface area contributed by atoms with Crippen LogP contribution in [0.5, 0.6) is 0 Å². The Bertz CT molecular complexity index is 700. The second-order valence-corrected chi connectivity index (χ2v) is 5.86. The third-order valence-electron chi connectivity index (χ3n) is 3.28. The van der Waals surface area contributed by atoms with E-state index in [0.29, 0.717) is 0 Å². The van der Waals surface area contributed by atoms with Gasteiger partial charge in [-0.25, -0.2) is 4.98 Å². The molecule has 3 nitrogen and oxygen atoms in total. The molecule has 0 saturated carbocycles. The quantitative estimate of drug-likeness (QED) is 0.778. The second-order valence-electron chi connectivity index (χ2n) is 4.66. The van der Waals surface area contributed by atoms with E-state index < -0.39 is 0 Å². The Balaban J connectivity index is 1.68. The summed E-state index contributed by atoms with van der Waals surface area (Å²) in [6, 6.07) is 10.3. The van der Waals surface area contributed by atoms with Crippen molar-refractivity contribution in [2.75, 3.05) is 0 Å². The van der Waals surface area contributed by atoms with Gasteiger partial charge in [-0.15, -0.1) is 11.3 Å². The SMILES string of the molecule is CCc1cnc(CNCc2ccnc3ccccc23)s1. The van der Waals surface area contributed by atoms with Crippen LogP contribution in [0.1, 0.15) is 22.4 Å². The Morgan fingerprint density at radius 3 is 2.85 bits per heavy atom. The van der Waals surface area contributed by atoms with Crippen molar-refractivity contribution in [3.63, 3.8) is 0 Å². The van der Waals surface area contributed by atoms with E-state index in [2.05, 4.69) is 40.4 Å². The molecule has 3 rings (SSSR count). The van der Waals surface area contributed by atoms with Crippen LogP contribution >= 0.6 is 11.3 Å². The average molecular weight is 283 g/mol. The summed E-state index contributed by atoms with van der Waals surface area (Å²) in [5.41, 5.74) is 2.33. The second kappa shape index (κ2) is 6.11. The maximum Gasteiger partial charge on any atom is 0.107 e. The van der Waals surface area contributed by atoms with Gasteiger partial charge < -0.3 is 5.32 Å². The molecule has 1 aromatic carbocycles. The third kappa shape index (κ3) is 2.86. The van der Waals surface area contributed by atoms with Gasteiger partial charge in [0.25, 0.3) is 0 Å². The lowest BCUT2D eigenvalue weighted by Gasteiger charge is -2.06. The smallest absolute Gasteiger partial charge is 0.107 e. The van der Waals surface area contributed by atoms with E-state index in [-0.39, 0.29) is 0 Å². The number of hydrogen-bond donors (Lipinski definition) is 1. The Morgan fingerprint density at radius 2 is 2.00 bits per heavy atom. The summed E-state index contributed by atoms with van der Waals surface area (Å²) in [6.07, 6.45) is 4.91. The first-order chi connectivity index (χ1) is 9.86. The van der Waals surface area contributed by atoms with Crippen LogP contribution in [-0.4, -0.2) is 9.97 Å². The van der Waals surface area contributed by atoms with Crippen LogP contribution in [0.25, 0.3) is 10.9 Å². The molecule has 0 bridgehead atoms. The highest BCUT2D eigenvalue weighted by Crippen LogP contribution is 2.17. The summed E-state index contributed by atoms with van der Waals surface area (Å²) >= 11 is 1.79. The summed E-state index contributed by atoms with van der Waals surface area (Å²) < 4.78 is 0. The maximum atomic E-state index is 4.42. The van der Waals surface area contributed by atoms with Crippen LogP contribution in [0.4, 0.5) is 0 Å². The van der Waals surface area contributed by atoms with Crippen LogP contribution in [0.3, 0.4) is 0 Å². The van der Waals surface area contributed by atoms with Gasteiger partial charge >= 0.3 is 0 Å². The highest BCUT2D eigenvalue weighted by Gasteiger charge is 2.03. The zero-order valence-corrected chi connectivity index (χ0v) is 12.3. The van der Waals surface area contributed by atoms with Crippen LogP contribution in [0.2, 0.25) is 0 Å². The van der Waals surface area contributed by atoms with Crippen molar-refractivity contribution in [3.05, 3.63) is 58.2 Å². The van der Waals surface area contributed by atoms with Gasteiger partial charge in [-0.05, 0) is 24.1 Å². The van der Waals surface area contributed by atoms with Crippen molar-refractivity contribution < 1.29 is 0 Å². The minimum absolute atomic E-state index is 0.821. The summed E-state index contributed by atoms with van der Waals surface area (Å²) in [4.78, 5) is 10.2. The predicted octanol–water partition coefficient (Wildman–Crippen LogP) is 3.54. The van der Waals surface area contributed by atoms with Gasteiger partial charge in [-0.3, -0.25) is 4.98 Å². The number of para-hydroxylation sites is 1. The monoisotopic (exact) mass is 283 g/mol. The maximum absolute atomic E-state index is 4.42. The molecule has 0 aliphatic rings. The molecule has 1 N–H and O–H groups in total. The molecule has 0 spiro atoms. The molecule has 2 heterocycles. The highest BCUT2D eigenvalue weighted by molar-refractivity contribution is 7.11. The molecule has 0 saturated heterocycles. The number of aromatic nitrogens is 2. The first kappa shape index (κ1) is 13.2. The van der Waals surface area contributed by atoms with E-state index in [1.165, 1.54) is 15.8 Å². The van der Waals surface area contributed by atoms with Crippen LogP contribution in [0, 0.1) is 0 Å². The van der Waals surface area contributed by atoms with Crippen LogP contribution < -0.4 is 5.32 Å². The van der Waals surface area contributed by atoms with Gasteiger partial charge in [-0.1, -0.05) is 25.1 Å². The Morgan fingerprint density at radius 1 is 1.10 bits per heavy atom. The van der Waals surface area contributed by atoms with Gasteiger partial charge in [0.15, 0.2) is 0 Å². The summed E-state index contributed by atoms with van der Waals surface area (Å²) in [5, 5.41) is 5.84. The minimum Gasteiger partial charge on any atom is -0.306 e. The molecule has 0 amide bonds. The molecular formula is C16H17N3S. The van der Waals surface area contributed by atoms with Gasteiger partial charge in [-0.2, -0.15) is 0 Å². The predicted molar refractivity (Wildman–Crippen MR) is 83.8 cm³/mol. The van der Waals surface area contributed by atoms with E-state index in [1.807, 2.05) is 24.5 Å². The summed E-state index contributed by atoms with van der Waals surface area (Å²) in [7, 11) is 0. The number of hydrogen-bond acceptors (Lipinski definition) is 4. The molecule has 0 radical (unpaired) electrons. The fourth-order valence-electron chi connectivity index (χ4n) is 2.21. The van der Waals surface area contributed by atoms with Gasteiger partial charge in [0.2, 0.25) is 0 Å². The lowest BCUT2D eigenvalue weighted by atomic mass is 10.1. The number of fused-ring (bicyclic) bond motifs is 1. The van der Waals surface area contributed by atoms with Crippen molar-refractivity contribution in [2.45, 2.75) is 26.4 Å². The first-order valence-corrected chi connectivity index (χ1v) is 7.65. The van der Waals surface area contributed by atoms with Crippen molar-refractivity contribution in [2.24, 2.45) is 0 Å². The number of nitrogens with one attached hydrogen (secondary N) is 1. The topological polar surface area (TPSA) is 37.8 Å². The Hall–Kier alpha value is -1.78. The zero-order chi connectivity index (χ0) is 13.8. The van der Waals surface area contributed by atoms with Crippen molar-refractivity contribution in [1.29, 1.82) is 0 Å². The normalized spacial score (nSPS) is 11.1. The molecule has 0 aliphatic heterocycles. The number of rotatable bonds is 5. The van der Waals surface area contributed by atoms with Gasteiger partial charge in [0.1, 0.15) is 5.01 Å². The van der Waals surface area contributed by atoms with Crippen molar-refractivity contribution in [1.82, 2.24) is 15.3 Å². The van der Waals surface area contributed by atoms with E-state index in [1.54, 1.807) is 11.3 Å². The number of benzene rings is 1. The largest absolute Gasteiger partial charge is 0.306 e. The standard InChI is InChI=1S/C16H17N3S/c1-2-13-10-19-16(20-13)11-17-9-12-7-8-18-15-6-4-3-5-14(12)15/h3-8,10,17H,2,9,11H2,1H3. The summed E-state index contributed by atoms with van der Waals surface area (Å²) in [6.45, 7) is 3.82. The molecule has 0 aliphatic carbocycles. The van der Waals surface area contributed by atoms with E-state index >= 15 is 0 Å². The lowest BCUT2D eigenvalue weighted by molar-refractivity contribution is 0.692. The van der Waals surface area contributed by atoms with Gasteiger partial charge in [0.05, 0.1) is 5.52 Å². The lowest BCUT2D eigenvalue weighted by Crippen LogP contribution is -2.12. The average Bonchev–Trinajstić information content (AvgIpc) is 2.95. The minimum atomic E-state index is 0.821. The van der Waals surface area contributed by atoms with E-state index in [4.69, 9.17) is 0 Å². The molecule has 4 heteroatoms. The Labute approximate surface area is 122 Å². The van der Waals surface area contributed by atoms with Crippen molar-refractivity contribution >= 4 is 22.2 Å². The molecule has 20 heavy (non-hydrogen) atoms. The van der Waals surface area contributed by atoms with Crippen LogP contribution in [0.15, 0.2) is 42.7 Å².